The van der Waals surface area contributed by atoms with Gasteiger partial charge in [-0.2, -0.15) is 0 Å². The Morgan fingerprint density at radius 3 is 2.78 bits per heavy atom. The van der Waals surface area contributed by atoms with Gasteiger partial charge in [0, 0.05) is 25.2 Å². The molecule has 0 saturated heterocycles. The van der Waals surface area contributed by atoms with Crippen molar-refractivity contribution in [2.45, 2.75) is 19.9 Å². The largest absolute Gasteiger partial charge is 0.436 e. The Morgan fingerprint density at radius 2 is 2.00 bits per heavy atom. The Morgan fingerprint density at radius 1 is 1.13 bits per heavy atom. The molecule has 0 amide bonds. The van der Waals surface area contributed by atoms with Gasteiger partial charge in [0.15, 0.2) is 5.58 Å². The molecule has 0 atom stereocenters. The van der Waals surface area contributed by atoms with E-state index in [9.17, 15) is 0 Å². The number of hydrogen-bond donors (Lipinski definition) is 0. The molecule has 4 rings (SSSR count). The maximum absolute atomic E-state index is 5.94. The Bertz CT molecular complexity index is 848. The van der Waals surface area contributed by atoms with E-state index >= 15 is 0 Å². The van der Waals surface area contributed by atoms with E-state index in [0.717, 1.165) is 43.0 Å². The summed E-state index contributed by atoms with van der Waals surface area (Å²) in [6, 6.07) is 16.8. The fourth-order valence-corrected chi connectivity index (χ4v) is 3.06. The number of aryl methyl sites for hydroxylation is 1. The number of nitrogens with zero attached hydrogens (tertiary/aromatic N) is 2. The lowest BCUT2D eigenvalue weighted by Gasteiger charge is -2.25. The van der Waals surface area contributed by atoms with Gasteiger partial charge in [0.1, 0.15) is 5.52 Å². The molecule has 0 unspecified atom stereocenters. The highest BCUT2D eigenvalue weighted by Crippen LogP contribution is 2.26. The number of aromatic nitrogens is 1. The van der Waals surface area contributed by atoms with E-state index in [0.29, 0.717) is 0 Å². The van der Waals surface area contributed by atoms with E-state index in [-0.39, 0.29) is 0 Å². The zero-order valence-electron chi connectivity index (χ0n) is 13.3. The van der Waals surface area contributed by atoms with Crippen LogP contribution in [0.5, 0.6) is 0 Å². The maximum atomic E-state index is 5.94. The molecule has 3 aromatic rings. The second-order valence-corrected chi connectivity index (χ2v) is 6.19. The van der Waals surface area contributed by atoms with Gasteiger partial charge in [0.05, 0.1) is 0 Å². The van der Waals surface area contributed by atoms with Crippen molar-refractivity contribution in [2.75, 3.05) is 13.1 Å². The first-order chi connectivity index (χ1) is 11.3. The molecule has 3 nitrogen and oxygen atoms in total. The molecule has 0 spiro atoms. The molecule has 2 heterocycles. The van der Waals surface area contributed by atoms with Crippen molar-refractivity contribution in [1.82, 2.24) is 9.88 Å². The van der Waals surface area contributed by atoms with Crippen LogP contribution in [-0.4, -0.2) is 23.0 Å². The van der Waals surface area contributed by atoms with Gasteiger partial charge in [-0.25, -0.2) is 4.98 Å². The first kappa shape index (κ1) is 14.2. The Hall–Kier alpha value is -2.39. The van der Waals surface area contributed by atoms with Crippen molar-refractivity contribution in [3.63, 3.8) is 0 Å². The molecule has 1 aliphatic heterocycles. The quantitative estimate of drug-likeness (QED) is 0.717. The Balaban J connectivity index is 1.50. The van der Waals surface area contributed by atoms with Gasteiger partial charge in [0.25, 0.3) is 0 Å². The van der Waals surface area contributed by atoms with Crippen LogP contribution in [0.1, 0.15) is 23.4 Å². The molecule has 3 heteroatoms. The predicted molar refractivity (Wildman–Crippen MR) is 93.1 cm³/mol. The number of benzene rings is 2. The van der Waals surface area contributed by atoms with Crippen LogP contribution in [0.25, 0.3) is 16.7 Å². The fourth-order valence-electron chi connectivity index (χ4n) is 3.06. The van der Waals surface area contributed by atoms with Crippen LogP contribution in [-0.2, 0) is 6.54 Å². The summed E-state index contributed by atoms with van der Waals surface area (Å²) < 4.78 is 5.94. The van der Waals surface area contributed by atoms with E-state index in [2.05, 4.69) is 65.3 Å². The molecule has 0 saturated carbocycles. The van der Waals surface area contributed by atoms with Crippen LogP contribution in [0.3, 0.4) is 0 Å². The molecule has 0 N–H and O–H groups in total. The number of rotatable bonds is 3. The van der Waals surface area contributed by atoms with Gasteiger partial charge < -0.3 is 4.42 Å². The van der Waals surface area contributed by atoms with Crippen LogP contribution in [0.15, 0.2) is 59.0 Å². The molecule has 1 aromatic heterocycles. The topological polar surface area (TPSA) is 29.3 Å². The summed E-state index contributed by atoms with van der Waals surface area (Å²) in [4.78, 5) is 7.08. The first-order valence-corrected chi connectivity index (χ1v) is 8.11. The predicted octanol–water partition coefficient (Wildman–Crippen LogP) is 4.43. The summed E-state index contributed by atoms with van der Waals surface area (Å²) in [6.45, 7) is 5.06. The molecule has 0 bridgehead atoms. The second-order valence-electron chi connectivity index (χ2n) is 6.19. The molecule has 23 heavy (non-hydrogen) atoms. The molecular weight excluding hydrogens is 284 g/mol. The van der Waals surface area contributed by atoms with Crippen LogP contribution in [0.2, 0.25) is 0 Å². The monoisotopic (exact) mass is 304 g/mol. The highest BCUT2D eigenvalue weighted by atomic mass is 16.3. The summed E-state index contributed by atoms with van der Waals surface area (Å²) in [5.41, 5.74) is 5.61. The van der Waals surface area contributed by atoms with Gasteiger partial charge in [-0.15, -0.1) is 0 Å². The first-order valence-electron chi connectivity index (χ1n) is 8.11. The second kappa shape index (κ2) is 6.01. The van der Waals surface area contributed by atoms with E-state index in [1.807, 2.05) is 6.07 Å². The zero-order chi connectivity index (χ0) is 15.6. The lowest BCUT2D eigenvalue weighted by molar-refractivity contribution is 0.292. The third-order valence-corrected chi connectivity index (χ3v) is 4.36. The Kier molecular flexibility index (Phi) is 3.72. The Labute approximate surface area is 136 Å². The SMILES string of the molecule is Cc1ccc2nc(C3=CCN(Cc4ccccc4)CC3)oc2c1. The van der Waals surface area contributed by atoms with Crippen LogP contribution in [0, 0.1) is 6.92 Å². The highest BCUT2D eigenvalue weighted by Gasteiger charge is 2.17. The summed E-state index contributed by atoms with van der Waals surface area (Å²) in [5.74, 6) is 0.782. The summed E-state index contributed by atoms with van der Waals surface area (Å²) >= 11 is 0. The van der Waals surface area contributed by atoms with E-state index in [4.69, 9.17) is 4.42 Å². The van der Waals surface area contributed by atoms with Crippen LogP contribution in [0.4, 0.5) is 0 Å². The lowest BCUT2D eigenvalue weighted by Crippen LogP contribution is -2.28. The molecule has 0 fully saturated rings. The third kappa shape index (κ3) is 3.06. The maximum Gasteiger partial charge on any atom is 0.222 e. The van der Waals surface area contributed by atoms with Crippen molar-refractivity contribution in [3.05, 3.63) is 71.6 Å². The van der Waals surface area contributed by atoms with Crippen molar-refractivity contribution >= 4 is 16.7 Å². The molecule has 1 aliphatic rings. The van der Waals surface area contributed by atoms with Crippen molar-refractivity contribution in [2.24, 2.45) is 0 Å². The molecule has 2 aromatic carbocycles. The van der Waals surface area contributed by atoms with Gasteiger partial charge in [-0.3, -0.25) is 4.90 Å². The lowest BCUT2D eigenvalue weighted by atomic mass is 10.1. The normalized spacial score (nSPS) is 15.8. The van der Waals surface area contributed by atoms with Crippen LogP contribution >= 0.6 is 0 Å². The number of fused-ring (bicyclic) bond motifs is 1. The molecule has 0 radical (unpaired) electrons. The summed E-state index contributed by atoms with van der Waals surface area (Å²) in [7, 11) is 0. The average Bonchev–Trinajstić information content (AvgIpc) is 2.99. The number of hydrogen-bond acceptors (Lipinski definition) is 3. The fraction of sp³-hybridized carbons (Fsp3) is 0.250. The standard InChI is InChI=1S/C20H20N2O/c1-15-7-8-18-19(13-15)23-20(21-18)17-9-11-22(12-10-17)14-16-5-3-2-4-6-16/h2-9,13H,10-12,14H2,1H3. The van der Waals surface area contributed by atoms with Gasteiger partial charge in [-0.1, -0.05) is 42.5 Å². The van der Waals surface area contributed by atoms with E-state index in [1.165, 1.54) is 16.7 Å². The minimum Gasteiger partial charge on any atom is -0.436 e. The molecule has 116 valence electrons. The molecular formula is C20H20N2O. The van der Waals surface area contributed by atoms with Crippen molar-refractivity contribution < 1.29 is 4.42 Å². The van der Waals surface area contributed by atoms with Crippen LogP contribution < -0.4 is 0 Å². The van der Waals surface area contributed by atoms with Gasteiger partial charge >= 0.3 is 0 Å². The minimum atomic E-state index is 0.782. The highest BCUT2D eigenvalue weighted by molar-refractivity contribution is 5.76. The summed E-state index contributed by atoms with van der Waals surface area (Å²) in [6.07, 6.45) is 3.24. The van der Waals surface area contributed by atoms with Gasteiger partial charge in [-0.05, 0) is 36.6 Å². The minimum absolute atomic E-state index is 0.782. The third-order valence-electron chi connectivity index (χ3n) is 4.36. The van der Waals surface area contributed by atoms with E-state index < -0.39 is 0 Å². The summed E-state index contributed by atoms with van der Waals surface area (Å²) in [5, 5.41) is 0. The van der Waals surface area contributed by atoms with Crippen molar-refractivity contribution in [3.8, 4) is 0 Å². The number of oxazole rings is 1. The van der Waals surface area contributed by atoms with Crippen molar-refractivity contribution in [1.29, 1.82) is 0 Å². The van der Waals surface area contributed by atoms with Gasteiger partial charge in [0.2, 0.25) is 5.89 Å². The average molecular weight is 304 g/mol. The van der Waals surface area contributed by atoms with E-state index in [1.54, 1.807) is 0 Å². The molecule has 0 aliphatic carbocycles. The zero-order valence-corrected chi connectivity index (χ0v) is 13.3. The smallest absolute Gasteiger partial charge is 0.222 e.